The monoisotopic (exact) mass is 639 g/mol. The first-order valence-electron chi connectivity index (χ1n) is 19.8. The van der Waals surface area contributed by atoms with Gasteiger partial charge in [0.15, 0.2) is 0 Å². The van der Waals surface area contributed by atoms with Gasteiger partial charge in [-0.3, -0.25) is 9.59 Å². The predicted octanol–water partition coefficient (Wildman–Crippen LogP) is 12.1. The molecule has 0 fully saturated rings. The molecule has 0 aromatic carbocycles. The SMILES string of the molecule is CC(C)CCCCCCCCCCCCCCCCCCCCC(=O)OC[C@H](O)COC(=O)CCCCCCCCCC(C)C. The molecule has 0 radical (unpaired) electrons. The third kappa shape index (κ3) is 37.2. The zero-order valence-corrected chi connectivity index (χ0v) is 30.7. The summed E-state index contributed by atoms with van der Waals surface area (Å²) in [4.78, 5) is 23.9. The van der Waals surface area contributed by atoms with Crippen molar-refractivity contribution in [2.24, 2.45) is 11.8 Å². The van der Waals surface area contributed by atoms with Crippen LogP contribution in [-0.2, 0) is 19.1 Å². The Hall–Kier alpha value is -1.10. The predicted molar refractivity (Wildman–Crippen MR) is 191 cm³/mol. The van der Waals surface area contributed by atoms with Crippen LogP contribution in [-0.4, -0.2) is 36.4 Å². The van der Waals surface area contributed by atoms with E-state index in [4.69, 9.17) is 9.47 Å². The fourth-order valence-electron chi connectivity index (χ4n) is 5.93. The number of unbranched alkanes of at least 4 members (excludes halogenated alkanes) is 23. The molecule has 0 heterocycles. The lowest BCUT2D eigenvalue weighted by Crippen LogP contribution is -2.25. The minimum absolute atomic E-state index is 0.110. The van der Waals surface area contributed by atoms with Gasteiger partial charge in [0.1, 0.15) is 19.3 Å². The molecule has 0 aliphatic rings. The molecule has 5 heteroatoms. The molecule has 0 rings (SSSR count). The maximum atomic E-state index is 12.0. The van der Waals surface area contributed by atoms with Crippen LogP contribution in [0.2, 0.25) is 0 Å². The number of aliphatic hydroxyl groups excluding tert-OH is 1. The average Bonchev–Trinajstić information content (AvgIpc) is 3.00. The summed E-state index contributed by atoms with van der Waals surface area (Å²) >= 11 is 0. The van der Waals surface area contributed by atoms with Crippen molar-refractivity contribution in [2.75, 3.05) is 13.2 Å². The maximum absolute atomic E-state index is 12.0. The molecule has 0 aliphatic carbocycles. The van der Waals surface area contributed by atoms with E-state index in [1.54, 1.807) is 0 Å². The van der Waals surface area contributed by atoms with E-state index in [0.29, 0.717) is 12.8 Å². The summed E-state index contributed by atoms with van der Waals surface area (Å²) in [6.07, 6.45) is 34.6. The molecule has 0 amide bonds. The van der Waals surface area contributed by atoms with E-state index < -0.39 is 6.10 Å². The second kappa shape index (κ2) is 34.2. The van der Waals surface area contributed by atoms with E-state index in [1.807, 2.05) is 0 Å². The highest BCUT2D eigenvalue weighted by molar-refractivity contribution is 5.69. The van der Waals surface area contributed by atoms with Gasteiger partial charge in [-0.15, -0.1) is 0 Å². The molecule has 0 aromatic rings. The number of ether oxygens (including phenoxy) is 2. The van der Waals surface area contributed by atoms with Crippen molar-refractivity contribution in [3.8, 4) is 0 Å². The van der Waals surface area contributed by atoms with Crippen LogP contribution >= 0.6 is 0 Å². The van der Waals surface area contributed by atoms with Gasteiger partial charge in [-0.2, -0.15) is 0 Å². The highest BCUT2D eigenvalue weighted by Gasteiger charge is 2.12. The van der Waals surface area contributed by atoms with E-state index in [2.05, 4.69) is 27.7 Å². The van der Waals surface area contributed by atoms with Gasteiger partial charge in [0.25, 0.3) is 0 Å². The molecule has 1 atom stereocenters. The molecule has 0 spiro atoms. The Morgan fingerprint density at radius 1 is 0.400 bits per heavy atom. The van der Waals surface area contributed by atoms with Gasteiger partial charge in [-0.1, -0.05) is 188 Å². The van der Waals surface area contributed by atoms with Crippen molar-refractivity contribution >= 4 is 11.9 Å². The van der Waals surface area contributed by atoms with Crippen molar-refractivity contribution in [2.45, 2.75) is 220 Å². The van der Waals surface area contributed by atoms with E-state index >= 15 is 0 Å². The number of aliphatic hydroxyl groups is 1. The van der Waals surface area contributed by atoms with Crippen molar-refractivity contribution in [3.05, 3.63) is 0 Å². The van der Waals surface area contributed by atoms with Gasteiger partial charge >= 0.3 is 11.9 Å². The fraction of sp³-hybridized carbons (Fsp3) is 0.950. The summed E-state index contributed by atoms with van der Waals surface area (Å²) in [6.45, 7) is 8.98. The molecule has 0 saturated carbocycles. The Balaban J connectivity index is 3.35. The largest absolute Gasteiger partial charge is 0.463 e. The number of carbonyl (C=O) groups excluding carboxylic acids is 2. The van der Waals surface area contributed by atoms with Crippen LogP contribution < -0.4 is 0 Å². The van der Waals surface area contributed by atoms with E-state index in [0.717, 1.165) is 43.9 Å². The molecule has 5 nitrogen and oxygen atoms in total. The highest BCUT2D eigenvalue weighted by Crippen LogP contribution is 2.16. The van der Waals surface area contributed by atoms with Gasteiger partial charge in [-0.05, 0) is 24.7 Å². The summed E-state index contributed by atoms with van der Waals surface area (Å²) in [6, 6.07) is 0. The lowest BCUT2D eigenvalue weighted by atomic mass is 10.0. The molecular weight excluding hydrogens is 560 g/mol. The minimum Gasteiger partial charge on any atom is -0.463 e. The van der Waals surface area contributed by atoms with Crippen LogP contribution in [0.25, 0.3) is 0 Å². The molecule has 0 aliphatic heterocycles. The quantitative estimate of drug-likeness (QED) is 0.0552. The lowest BCUT2D eigenvalue weighted by Gasteiger charge is -2.12. The second-order valence-corrected chi connectivity index (χ2v) is 14.7. The van der Waals surface area contributed by atoms with Crippen LogP contribution in [0.3, 0.4) is 0 Å². The number of hydrogen-bond acceptors (Lipinski definition) is 5. The molecule has 0 aromatic heterocycles. The maximum Gasteiger partial charge on any atom is 0.305 e. The van der Waals surface area contributed by atoms with Crippen molar-refractivity contribution in [1.29, 1.82) is 0 Å². The molecule has 0 saturated heterocycles. The smallest absolute Gasteiger partial charge is 0.305 e. The third-order valence-electron chi connectivity index (χ3n) is 8.95. The van der Waals surface area contributed by atoms with Crippen LogP contribution in [0, 0.1) is 11.8 Å². The number of esters is 2. The summed E-state index contributed by atoms with van der Waals surface area (Å²) in [5.74, 6) is 1.10. The van der Waals surface area contributed by atoms with Crippen LogP contribution in [0.5, 0.6) is 0 Å². The third-order valence-corrected chi connectivity index (χ3v) is 8.95. The van der Waals surface area contributed by atoms with Gasteiger partial charge in [0.05, 0.1) is 0 Å². The van der Waals surface area contributed by atoms with E-state index in [-0.39, 0.29) is 25.2 Å². The molecule has 0 unspecified atom stereocenters. The second-order valence-electron chi connectivity index (χ2n) is 14.7. The van der Waals surface area contributed by atoms with Gasteiger partial charge in [0.2, 0.25) is 0 Å². The van der Waals surface area contributed by atoms with Crippen molar-refractivity contribution in [1.82, 2.24) is 0 Å². The zero-order valence-electron chi connectivity index (χ0n) is 30.7. The molecule has 45 heavy (non-hydrogen) atoms. The first-order valence-corrected chi connectivity index (χ1v) is 19.8. The average molecular weight is 639 g/mol. The van der Waals surface area contributed by atoms with Gasteiger partial charge in [-0.25, -0.2) is 0 Å². The summed E-state index contributed by atoms with van der Waals surface area (Å²) in [5.41, 5.74) is 0. The molecule has 1 N–H and O–H groups in total. The number of carbonyl (C=O) groups is 2. The first-order chi connectivity index (χ1) is 21.8. The Labute approximate surface area is 280 Å². The normalized spacial score (nSPS) is 12.2. The molecule has 0 bridgehead atoms. The molecule has 268 valence electrons. The standard InChI is InChI=1S/C40H78O5/c1-36(2)30-26-22-18-15-13-11-9-7-5-6-8-10-12-14-16-20-24-28-32-39(42)44-34-38(41)35-45-40(43)33-29-25-21-17-19-23-27-31-37(3)4/h36-38,41H,5-35H2,1-4H3/t38-/m0/s1. The lowest BCUT2D eigenvalue weighted by molar-refractivity contribution is -0.152. The Kier molecular flexibility index (Phi) is 33.4. The summed E-state index contributed by atoms with van der Waals surface area (Å²) in [5, 5.41) is 9.99. The minimum atomic E-state index is -0.956. The summed E-state index contributed by atoms with van der Waals surface area (Å²) < 4.78 is 10.3. The highest BCUT2D eigenvalue weighted by atomic mass is 16.6. The number of rotatable bonds is 35. The Morgan fingerprint density at radius 2 is 0.622 bits per heavy atom. The van der Waals surface area contributed by atoms with E-state index in [9.17, 15) is 14.7 Å². The van der Waals surface area contributed by atoms with Crippen molar-refractivity contribution in [3.63, 3.8) is 0 Å². The van der Waals surface area contributed by atoms with Gasteiger partial charge in [0, 0.05) is 12.8 Å². The van der Waals surface area contributed by atoms with Crippen LogP contribution in [0.15, 0.2) is 0 Å². The topological polar surface area (TPSA) is 72.8 Å². The van der Waals surface area contributed by atoms with Gasteiger partial charge < -0.3 is 14.6 Å². The van der Waals surface area contributed by atoms with Crippen LogP contribution in [0.4, 0.5) is 0 Å². The molecular formula is C40H78O5. The zero-order chi connectivity index (χ0) is 33.2. The van der Waals surface area contributed by atoms with Crippen molar-refractivity contribution < 1.29 is 24.2 Å². The summed E-state index contributed by atoms with van der Waals surface area (Å²) in [7, 11) is 0. The fourth-order valence-corrected chi connectivity index (χ4v) is 5.93. The Morgan fingerprint density at radius 3 is 0.867 bits per heavy atom. The Bertz CT molecular complexity index is 632. The first kappa shape index (κ1) is 43.9. The number of hydrogen-bond donors (Lipinski definition) is 1. The van der Waals surface area contributed by atoms with Crippen LogP contribution in [0.1, 0.15) is 214 Å². The van der Waals surface area contributed by atoms with E-state index in [1.165, 1.54) is 141 Å².